The average molecular weight is 539 g/mol. The number of carboxylic acids is 2. The number of para-hydroxylation sites is 1. The first kappa shape index (κ1) is 26.0. The minimum Gasteiger partial charge on any atom is -0.478 e. The molecule has 5 rings (SSSR count). The van der Waals surface area contributed by atoms with Crippen molar-refractivity contribution >= 4 is 43.9 Å². The van der Waals surface area contributed by atoms with Crippen molar-refractivity contribution in [3.05, 3.63) is 59.3 Å². The summed E-state index contributed by atoms with van der Waals surface area (Å²) in [5.41, 5.74) is 4.55. The zero-order chi connectivity index (χ0) is 27.0. The molecule has 2 aromatic carbocycles. The molecule has 0 bridgehead atoms. The SMILES string of the molecule is CS(=O)(=O)OCCCn1c(-c2cccc3cc(C(=O)O)[nH]c23)c(C2CCCCC2)c2ccc(C(=O)O)cc21. The first-order valence-corrected chi connectivity index (χ1v) is 14.5. The fraction of sp³-hybridized carbons (Fsp3) is 0.357. The topological polar surface area (TPSA) is 139 Å². The van der Waals surface area contributed by atoms with Crippen molar-refractivity contribution in [3.63, 3.8) is 0 Å². The minimum atomic E-state index is -3.60. The number of rotatable bonds is 9. The van der Waals surface area contributed by atoms with Gasteiger partial charge in [-0.1, -0.05) is 43.5 Å². The minimum absolute atomic E-state index is 0.00874. The van der Waals surface area contributed by atoms with E-state index in [1.54, 1.807) is 18.2 Å². The fourth-order valence-corrected chi connectivity index (χ4v) is 6.16. The Hall–Kier alpha value is -3.63. The molecule has 1 aliphatic rings. The monoisotopic (exact) mass is 538 g/mol. The summed E-state index contributed by atoms with van der Waals surface area (Å²) in [5.74, 6) is -1.82. The molecule has 0 aliphatic heterocycles. The molecule has 0 spiro atoms. The van der Waals surface area contributed by atoms with Crippen LogP contribution in [0.3, 0.4) is 0 Å². The molecule has 200 valence electrons. The molecule has 1 saturated carbocycles. The van der Waals surface area contributed by atoms with Gasteiger partial charge in [0.05, 0.1) is 29.6 Å². The van der Waals surface area contributed by atoms with Crippen LogP contribution in [0.2, 0.25) is 0 Å². The lowest BCUT2D eigenvalue weighted by atomic mass is 9.81. The average Bonchev–Trinajstić information content (AvgIpc) is 3.46. The summed E-state index contributed by atoms with van der Waals surface area (Å²) in [4.78, 5) is 26.7. The van der Waals surface area contributed by atoms with E-state index in [2.05, 4.69) is 4.98 Å². The maximum atomic E-state index is 11.9. The van der Waals surface area contributed by atoms with Gasteiger partial charge in [-0.25, -0.2) is 9.59 Å². The van der Waals surface area contributed by atoms with Crippen LogP contribution in [0.5, 0.6) is 0 Å². The summed E-state index contributed by atoms with van der Waals surface area (Å²) < 4.78 is 30.1. The van der Waals surface area contributed by atoms with Gasteiger partial charge in [-0.3, -0.25) is 4.18 Å². The third kappa shape index (κ3) is 5.06. The Morgan fingerprint density at radius 2 is 1.82 bits per heavy atom. The van der Waals surface area contributed by atoms with Crippen molar-refractivity contribution in [2.75, 3.05) is 12.9 Å². The Balaban J connectivity index is 1.77. The molecule has 0 amide bonds. The molecule has 2 aromatic heterocycles. The molecule has 10 heteroatoms. The number of carboxylic acid groups (broad SMARTS) is 2. The first-order chi connectivity index (χ1) is 18.1. The first-order valence-electron chi connectivity index (χ1n) is 12.7. The second kappa shape index (κ2) is 10.3. The van der Waals surface area contributed by atoms with Gasteiger partial charge in [-0.2, -0.15) is 8.42 Å². The number of benzene rings is 2. The number of aromatic amines is 1. The van der Waals surface area contributed by atoms with Gasteiger partial charge in [0.15, 0.2) is 0 Å². The highest BCUT2D eigenvalue weighted by molar-refractivity contribution is 7.85. The molecule has 0 saturated heterocycles. The highest BCUT2D eigenvalue weighted by Crippen LogP contribution is 2.45. The number of aromatic nitrogens is 2. The lowest BCUT2D eigenvalue weighted by molar-refractivity contribution is 0.0683. The van der Waals surface area contributed by atoms with Gasteiger partial charge in [0.1, 0.15) is 5.69 Å². The van der Waals surface area contributed by atoms with Gasteiger partial charge in [-0.05, 0) is 48.9 Å². The number of hydrogen-bond acceptors (Lipinski definition) is 5. The van der Waals surface area contributed by atoms with Gasteiger partial charge in [0.25, 0.3) is 10.1 Å². The highest BCUT2D eigenvalue weighted by Gasteiger charge is 2.28. The molecule has 0 radical (unpaired) electrons. The molecular weight excluding hydrogens is 508 g/mol. The van der Waals surface area contributed by atoms with Crippen molar-refractivity contribution in [3.8, 4) is 11.3 Å². The van der Waals surface area contributed by atoms with Crippen molar-refractivity contribution in [1.29, 1.82) is 0 Å². The smallest absolute Gasteiger partial charge is 0.352 e. The maximum absolute atomic E-state index is 11.9. The molecular formula is C28H30N2O7S. The molecule has 1 aliphatic carbocycles. The van der Waals surface area contributed by atoms with Gasteiger partial charge in [0, 0.05) is 28.4 Å². The summed E-state index contributed by atoms with van der Waals surface area (Å²) in [6.45, 7) is 0.380. The number of nitrogens with one attached hydrogen (secondary N) is 1. The zero-order valence-electron chi connectivity index (χ0n) is 21.1. The lowest BCUT2D eigenvalue weighted by Gasteiger charge is -2.24. The summed E-state index contributed by atoms with van der Waals surface area (Å²) in [7, 11) is -3.60. The normalized spacial score (nSPS) is 14.9. The van der Waals surface area contributed by atoms with Crippen LogP contribution in [0.25, 0.3) is 33.1 Å². The number of nitrogens with zero attached hydrogens (tertiary/aromatic N) is 1. The van der Waals surface area contributed by atoms with Gasteiger partial charge < -0.3 is 19.8 Å². The Kier molecular flexibility index (Phi) is 7.02. The Bertz CT molecular complexity index is 1640. The highest BCUT2D eigenvalue weighted by atomic mass is 32.2. The van der Waals surface area contributed by atoms with Crippen molar-refractivity contribution < 1.29 is 32.4 Å². The molecule has 38 heavy (non-hydrogen) atoms. The van der Waals surface area contributed by atoms with Crippen LogP contribution in [-0.4, -0.2) is 53.0 Å². The van der Waals surface area contributed by atoms with Crippen LogP contribution in [0.15, 0.2) is 42.5 Å². The van der Waals surface area contributed by atoms with Crippen LogP contribution in [0.1, 0.15) is 70.9 Å². The molecule has 2 heterocycles. The molecule has 0 unspecified atom stereocenters. The standard InChI is InChI=1S/C28H30N2O7S/c1-38(35,36)37-14-6-13-30-23-16-19(27(31)32)11-12-20(23)24(17-7-3-2-4-8-17)26(30)21-10-5-9-18-15-22(28(33)34)29-25(18)21/h5,9-12,15-17,29H,2-4,6-8,13-14H2,1H3,(H,31,32)(H,33,34). The molecule has 4 aromatic rings. The fourth-order valence-electron chi connectivity index (χ4n) is 5.74. The van der Waals surface area contributed by atoms with Crippen molar-refractivity contribution in [2.45, 2.75) is 51.0 Å². The second-order valence-corrected chi connectivity index (χ2v) is 11.6. The van der Waals surface area contributed by atoms with Crippen LogP contribution in [-0.2, 0) is 20.8 Å². The predicted molar refractivity (Wildman–Crippen MR) is 144 cm³/mol. The van der Waals surface area contributed by atoms with E-state index in [9.17, 15) is 28.2 Å². The van der Waals surface area contributed by atoms with E-state index in [1.165, 1.54) is 6.42 Å². The van der Waals surface area contributed by atoms with Gasteiger partial charge >= 0.3 is 11.9 Å². The summed E-state index contributed by atoms with van der Waals surface area (Å²) >= 11 is 0. The van der Waals surface area contributed by atoms with Crippen LogP contribution in [0, 0.1) is 0 Å². The van der Waals surface area contributed by atoms with Crippen LogP contribution >= 0.6 is 0 Å². The molecule has 3 N–H and O–H groups in total. The van der Waals surface area contributed by atoms with E-state index in [1.807, 2.05) is 28.8 Å². The third-order valence-electron chi connectivity index (χ3n) is 7.33. The van der Waals surface area contributed by atoms with E-state index in [0.29, 0.717) is 18.5 Å². The van der Waals surface area contributed by atoms with Crippen LogP contribution in [0.4, 0.5) is 0 Å². The summed E-state index contributed by atoms with van der Waals surface area (Å²) in [6, 6.07) is 12.5. The number of aryl methyl sites for hydroxylation is 1. The Labute approximate surface area is 220 Å². The maximum Gasteiger partial charge on any atom is 0.352 e. The van der Waals surface area contributed by atoms with Crippen LogP contribution < -0.4 is 0 Å². The van der Waals surface area contributed by atoms with Crippen molar-refractivity contribution in [1.82, 2.24) is 9.55 Å². The molecule has 9 nitrogen and oxygen atoms in total. The van der Waals surface area contributed by atoms with E-state index in [-0.39, 0.29) is 23.8 Å². The third-order valence-corrected chi connectivity index (χ3v) is 7.92. The van der Waals surface area contributed by atoms with Crippen molar-refractivity contribution in [2.24, 2.45) is 0 Å². The zero-order valence-corrected chi connectivity index (χ0v) is 21.9. The quantitative estimate of drug-likeness (QED) is 0.186. The number of H-pyrrole nitrogens is 1. The lowest BCUT2D eigenvalue weighted by Crippen LogP contribution is -2.10. The number of hydrogen-bond donors (Lipinski definition) is 3. The van der Waals surface area contributed by atoms with E-state index < -0.39 is 22.1 Å². The molecule has 0 atom stereocenters. The second-order valence-electron chi connectivity index (χ2n) is 9.92. The summed E-state index contributed by atoms with van der Waals surface area (Å²) in [5, 5.41) is 21.1. The largest absolute Gasteiger partial charge is 0.478 e. The number of fused-ring (bicyclic) bond motifs is 2. The number of carbonyl (C=O) groups is 2. The van der Waals surface area contributed by atoms with E-state index >= 15 is 0 Å². The Morgan fingerprint density at radius 1 is 1.05 bits per heavy atom. The molecule has 1 fully saturated rings. The summed E-state index contributed by atoms with van der Waals surface area (Å²) in [6.07, 6.45) is 6.77. The predicted octanol–water partition coefficient (Wildman–Crippen LogP) is 5.60. The van der Waals surface area contributed by atoms with E-state index in [0.717, 1.165) is 65.0 Å². The Morgan fingerprint density at radius 3 is 2.50 bits per heavy atom. The van der Waals surface area contributed by atoms with Gasteiger partial charge in [-0.15, -0.1) is 0 Å². The van der Waals surface area contributed by atoms with Gasteiger partial charge in [0.2, 0.25) is 0 Å². The number of aromatic carboxylic acids is 2. The van der Waals surface area contributed by atoms with E-state index in [4.69, 9.17) is 4.18 Å².